The van der Waals surface area contributed by atoms with Crippen LogP contribution < -0.4 is 9.47 Å². The minimum absolute atomic E-state index is 0.0623. The van der Waals surface area contributed by atoms with E-state index in [1.54, 1.807) is 30.3 Å². The fourth-order valence-electron chi connectivity index (χ4n) is 3.07. The Morgan fingerprint density at radius 3 is 2.60 bits per heavy atom. The van der Waals surface area contributed by atoms with Gasteiger partial charge in [0.1, 0.15) is 11.3 Å². The standard InChI is InChI=1S/C22H17FN2O5/c1-12-7-14(8-13(2)21(12)28-11-20(26)27)22-25-16-10-24-19(9-18(16)30-22)29-17-6-4-3-5-15(17)23/h3-10H,11H2,1-2H3,(H,26,27). The molecule has 0 spiro atoms. The van der Waals surface area contributed by atoms with E-state index in [9.17, 15) is 9.18 Å². The molecule has 0 unspecified atom stereocenters. The first-order valence-corrected chi connectivity index (χ1v) is 9.06. The molecule has 7 nitrogen and oxygen atoms in total. The van der Waals surface area contributed by atoms with Gasteiger partial charge in [0.25, 0.3) is 0 Å². The first-order valence-electron chi connectivity index (χ1n) is 9.06. The lowest BCUT2D eigenvalue weighted by Crippen LogP contribution is -2.10. The monoisotopic (exact) mass is 408 g/mol. The Balaban J connectivity index is 1.64. The summed E-state index contributed by atoms with van der Waals surface area (Å²) >= 11 is 0. The number of ether oxygens (including phenoxy) is 2. The second-order valence-electron chi connectivity index (χ2n) is 6.66. The molecule has 1 N–H and O–H groups in total. The number of carboxylic acid groups (broad SMARTS) is 1. The number of benzene rings is 2. The van der Waals surface area contributed by atoms with Crippen LogP contribution in [0.2, 0.25) is 0 Å². The third-order valence-corrected chi connectivity index (χ3v) is 4.35. The van der Waals surface area contributed by atoms with Gasteiger partial charge in [0.15, 0.2) is 23.8 Å². The molecule has 0 fully saturated rings. The zero-order valence-corrected chi connectivity index (χ0v) is 16.2. The number of pyridine rings is 1. The third kappa shape index (κ3) is 3.93. The van der Waals surface area contributed by atoms with Crippen molar-refractivity contribution in [3.63, 3.8) is 0 Å². The normalized spacial score (nSPS) is 10.9. The summed E-state index contributed by atoms with van der Waals surface area (Å²) in [5.41, 5.74) is 3.19. The van der Waals surface area contributed by atoms with Crippen LogP contribution in [0.15, 0.2) is 53.1 Å². The number of hydrogen-bond donors (Lipinski definition) is 1. The molecule has 0 aliphatic carbocycles. The van der Waals surface area contributed by atoms with E-state index in [1.807, 2.05) is 13.8 Å². The second-order valence-corrected chi connectivity index (χ2v) is 6.66. The molecule has 0 bridgehead atoms. The van der Waals surface area contributed by atoms with Crippen LogP contribution in [0.5, 0.6) is 17.4 Å². The minimum Gasteiger partial charge on any atom is -0.481 e. The van der Waals surface area contributed by atoms with E-state index in [0.29, 0.717) is 28.3 Å². The van der Waals surface area contributed by atoms with Gasteiger partial charge in [-0.05, 0) is 49.2 Å². The molecular weight excluding hydrogens is 391 g/mol. The Morgan fingerprint density at radius 1 is 1.17 bits per heavy atom. The van der Waals surface area contributed by atoms with Crippen molar-refractivity contribution in [3.8, 4) is 28.8 Å². The fraction of sp³-hybridized carbons (Fsp3) is 0.136. The van der Waals surface area contributed by atoms with Crippen LogP contribution in [0.4, 0.5) is 4.39 Å². The maximum Gasteiger partial charge on any atom is 0.341 e. The van der Waals surface area contributed by atoms with Gasteiger partial charge in [-0.1, -0.05) is 12.1 Å². The molecule has 0 atom stereocenters. The highest BCUT2D eigenvalue weighted by atomic mass is 19.1. The van der Waals surface area contributed by atoms with Crippen LogP contribution in [0.3, 0.4) is 0 Å². The van der Waals surface area contributed by atoms with Crippen molar-refractivity contribution in [1.82, 2.24) is 9.97 Å². The van der Waals surface area contributed by atoms with E-state index >= 15 is 0 Å². The largest absolute Gasteiger partial charge is 0.481 e. The number of hydrogen-bond acceptors (Lipinski definition) is 6. The van der Waals surface area contributed by atoms with Crippen LogP contribution in [-0.2, 0) is 4.79 Å². The number of fused-ring (bicyclic) bond motifs is 1. The van der Waals surface area contributed by atoms with E-state index in [2.05, 4.69) is 9.97 Å². The molecule has 4 rings (SSSR count). The lowest BCUT2D eigenvalue weighted by atomic mass is 10.1. The van der Waals surface area contributed by atoms with Crippen LogP contribution >= 0.6 is 0 Å². The lowest BCUT2D eigenvalue weighted by molar-refractivity contribution is -0.139. The maximum atomic E-state index is 13.8. The van der Waals surface area contributed by atoms with Crippen molar-refractivity contribution in [2.45, 2.75) is 13.8 Å². The Morgan fingerprint density at radius 2 is 1.90 bits per heavy atom. The summed E-state index contributed by atoms with van der Waals surface area (Å²) < 4.78 is 30.5. The minimum atomic E-state index is -1.04. The van der Waals surface area contributed by atoms with Gasteiger partial charge >= 0.3 is 5.97 Å². The van der Waals surface area contributed by atoms with Crippen molar-refractivity contribution in [3.05, 3.63) is 65.6 Å². The average Bonchev–Trinajstić information content (AvgIpc) is 3.12. The highest BCUT2D eigenvalue weighted by Crippen LogP contribution is 2.32. The van der Waals surface area contributed by atoms with E-state index in [4.69, 9.17) is 19.0 Å². The quantitative estimate of drug-likeness (QED) is 0.485. The lowest BCUT2D eigenvalue weighted by Gasteiger charge is -2.11. The SMILES string of the molecule is Cc1cc(-c2nc3cnc(Oc4ccccc4F)cc3o2)cc(C)c1OCC(=O)O. The molecular formula is C22H17FN2O5. The summed E-state index contributed by atoms with van der Waals surface area (Å²) in [6.07, 6.45) is 1.49. The van der Waals surface area contributed by atoms with E-state index in [0.717, 1.165) is 11.1 Å². The van der Waals surface area contributed by atoms with Gasteiger partial charge in [0.2, 0.25) is 11.8 Å². The molecule has 152 valence electrons. The molecule has 2 aromatic heterocycles. The molecule has 2 aromatic carbocycles. The van der Waals surface area contributed by atoms with Gasteiger partial charge in [0, 0.05) is 11.6 Å². The summed E-state index contributed by atoms with van der Waals surface area (Å²) in [5.74, 6) is -0.413. The predicted molar refractivity (Wildman–Crippen MR) is 106 cm³/mol. The summed E-state index contributed by atoms with van der Waals surface area (Å²) in [6, 6.07) is 11.2. The van der Waals surface area contributed by atoms with Gasteiger partial charge in [0.05, 0.1) is 6.20 Å². The van der Waals surface area contributed by atoms with Crippen molar-refractivity contribution in [2.24, 2.45) is 0 Å². The number of halogens is 1. The highest BCUT2D eigenvalue weighted by molar-refractivity contribution is 5.77. The Kier molecular flexibility index (Phi) is 5.05. The predicted octanol–water partition coefficient (Wildman–Crippen LogP) is 4.90. The van der Waals surface area contributed by atoms with Crippen LogP contribution in [0.25, 0.3) is 22.6 Å². The van der Waals surface area contributed by atoms with Gasteiger partial charge in [-0.3, -0.25) is 0 Å². The number of aryl methyl sites for hydroxylation is 2. The molecule has 8 heteroatoms. The Labute approximate surface area is 170 Å². The first kappa shape index (κ1) is 19.4. The molecule has 0 aliphatic rings. The molecule has 0 aliphatic heterocycles. The summed E-state index contributed by atoms with van der Waals surface area (Å²) in [5, 5.41) is 8.81. The van der Waals surface area contributed by atoms with E-state index in [1.165, 1.54) is 18.3 Å². The fourth-order valence-corrected chi connectivity index (χ4v) is 3.07. The number of nitrogens with zero attached hydrogens (tertiary/aromatic N) is 2. The molecule has 4 aromatic rings. The second kappa shape index (κ2) is 7.82. The van der Waals surface area contributed by atoms with Crippen molar-refractivity contribution in [1.29, 1.82) is 0 Å². The number of aromatic nitrogens is 2. The topological polar surface area (TPSA) is 94.7 Å². The van der Waals surface area contributed by atoms with Crippen molar-refractivity contribution >= 4 is 17.1 Å². The Hall–Kier alpha value is -3.94. The molecule has 2 heterocycles. The van der Waals surface area contributed by atoms with Gasteiger partial charge < -0.3 is 19.0 Å². The average molecular weight is 408 g/mol. The zero-order chi connectivity index (χ0) is 21.3. The van der Waals surface area contributed by atoms with Gasteiger partial charge in [-0.15, -0.1) is 0 Å². The number of oxazole rings is 1. The van der Waals surface area contributed by atoms with Crippen molar-refractivity contribution < 1.29 is 28.2 Å². The number of carboxylic acids is 1. The van der Waals surface area contributed by atoms with E-state index < -0.39 is 18.4 Å². The molecule has 30 heavy (non-hydrogen) atoms. The van der Waals surface area contributed by atoms with Crippen LogP contribution in [0, 0.1) is 19.7 Å². The molecule has 0 saturated carbocycles. The number of carbonyl (C=O) groups is 1. The number of aliphatic carboxylic acids is 1. The summed E-state index contributed by atoms with van der Waals surface area (Å²) in [4.78, 5) is 19.4. The number of rotatable bonds is 6. The van der Waals surface area contributed by atoms with E-state index in [-0.39, 0.29) is 11.6 Å². The summed E-state index contributed by atoms with van der Waals surface area (Å²) in [7, 11) is 0. The smallest absolute Gasteiger partial charge is 0.341 e. The highest BCUT2D eigenvalue weighted by Gasteiger charge is 2.15. The van der Waals surface area contributed by atoms with Gasteiger partial charge in [-0.25, -0.2) is 19.2 Å². The van der Waals surface area contributed by atoms with Gasteiger partial charge in [-0.2, -0.15) is 0 Å². The first-order chi connectivity index (χ1) is 14.4. The molecule has 0 radical (unpaired) electrons. The molecule has 0 amide bonds. The third-order valence-electron chi connectivity index (χ3n) is 4.35. The zero-order valence-electron chi connectivity index (χ0n) is 16.2. The Bertz CT molecular complexity index is 1230. The van der Waals surface area contributed by atoms with Crippen LogP contribution in [0.1, 0.15) is 11.1 Å². The van der Waals surface area contributed by atoms with Crippen LogP contribution in [-0.4, -0.2) is 27.7 Å². The summed E-state index contributed by atoms with van der Waals surface area (Å²) in [6.45, 7) is 3.22. The maximum absolute atomic E-state index is 13.8. The van der Waals surface area contributed by atoms with Crippen molar-refractivity contribution in [2.75, 3.05) is 6.61 Å². The number of para-hydroxylation sites is 1. The molecule has 0 saturated heterocycles.